The molecule has 2 N–H and O–H groups in total. The second kappa shape index (κ2) is 7.59. The molecule has 0 fully saturated rings. The van der Waals surface area contributed by atoms with Crippen molar-refractivity contribution >= 4 is 29.1 Å². The summed E-state index contributed by atoms with van der Waals surface area (Å²) in [5.41, 5.74) is 7.70. The van der Waals surface area contributed by atoms with Gasteiger partial charge in [-0.3, -0.25) is 4.79 Å². The molecular formula is C19H14ClN3O2. The van der Waals surface area contributed by atoms with Gasteiger partial charge >= 0.3 is 0 Å². The van der Waals surface area contributed by atoms with Gasteiger partial charge in [-0.1, -0.05) is 29.8 Å². The fourth-order valence-corrected chi connectivity index (χ4v) is 2.14. The van der Waals surface area contributed by atoms with E-state index in [0.717, 1.165) is 5.56 Å². The van der Waals surface area contributed by atoms with E-state index in [1.165, 1.54) is 6.08 Å². The largest absolute Gasteiger partial charge is 0.438 e. The van der Waals surface area contributed by atoms with Crippen molar-refractivity contribution in [2.45, 2.75) is 0 Å². The van der Waals surface area contributed by atoms with E-state index in [0.29, 0.717) is 28.0 Å². The summed E-state index contributed by atoms with van der Waals surface area (Å²) in [5, 5.41) is 7.84. The van der Waals surface area contributed by atoms with Gasteiger partial charge in [-0.2, -0.15) is 0 Å². The molecule has 25 heavy (non-hydrogen) atoms. The van der Waals surface area contributed by atoms with E-state index >= 15 is 0 Å². The van der Waals surface area contributed by atoms with Crippen molar-refractivity contribution in [3.05, 3.63) is 83.0 Å². The predicted octanol–water partition coefficient (Wildman–Crippen LogP) is 4.40. The van der Waals surface area contributed by atoms with Gasteiger partial charge in [0.2, 0.25) is 5.88 Å². The molecule has 1 aromatic heterocycles. The van der Waals surface area contributed by atoms with E-state index in [9.17, 15) is 4.79 Å². The molecule has 0 atom stereocenters. The third-order valence-electron chi connectivity index (χ3n) is 3.33. The highest BCUT2D eigenvalue weighted by Gasteiger charge is 2.02. The Balaban J connectivity index is 1.64. The summed E-state index contributed by atoms with van der Waals surface area (Å²) >= 11 is 5.68. The van der Waals surface area contributed by atoms with Crippen molar-refractivity contribution in [3.8, 4) is 11.6 Å². The molecule has 0 spiro atoms. The summed E-state index contributed by atoms with van der Waals surface area (Å²) in [5.74, 6) is 0.876. The molecule has 0 aliphatic heterocycles. The van der Waals surface area contributed by atoms with Crippen molar-refractivity contribution < 1.29 is 9.53 Å². The number of ketones is 1. The molecule has 1 heterocycles. The number of carbonyl (C=O) groups excluding carboxylic acids is 1. The molecule has 6 heteroatoms. The molecule has 0 saturated heterocycles. The predicted molar refractivity (Wildman–Crippen MR) is 97.8 cm³/mol. The molecule has 0 aliphatic carbocycles. The lowest BCUT2D eigenvalue weighted by molar-refractivity contribution is 0.104. The monoisotopic (exact) mass is 351 g/mol. The standard InChI is InChI=1S/C19H14ClN3O2/c20-18-11-12-19(23-22-18)25-16-8-1-13(2-9-16)3-10-17(24)14-4-6-15(21)7-5-14/h1-12H,21H2/b10-3+. The molecule has 0 bridgehead atoms. The number of nitrogens with zero attached hydrogens (tertiary/aromatic N) is 2. The number of ether oxygens (including phenoxy) is 1. The number of rotatable bonds is 5. The summed E-state index contributed by atoms with van der Waals surface area (Å²) in [6.45, 7) is 0. The van der Waals surface area contributed by atoms with Crippen LogP contribution in [0.2, 0.25) is 5.15 Å². The lowest BCUT2D eigenvalue weighted by Gasteiger charge is -2.04. The Labute approximate surface area is 149 Å². The number of allylic oxidation sites excluding steroid dienone is 1. The van der Waals surface area contributed by atoms with Crippen molar-refractivity contribution in [1.29, 1.82) is 0 Å². The van der Waals surface area contributed by atoms with Gasteiger partial charge in [0, 0.05) is 17.3 Å². The van der Waals surface area contributed by atoms with Gasteiger partial charge in [-0.25, -0.2) is 0 Å². The van der Waals surface area contributed by atoms with Crippen LogP contribution in [-0.4, -0.2) is 16.0 Å². The van der Waals surface area contributed by atoms with Crippen molar-refractivity contribution in [3.63, 3.8) is 0 Å². The van der Waals surface area contributed by atoms with Gasteiger partial charge < -0.3 is 10.5 Å². The molecule has 0 unspecified atom stereocenters. The summed E-state index contributed by atoms with van der Waals surface area (Å²) in [6, 6.07) is 17.3. The first kappa shape index (κ1) is 16.7. The van der Waals surface area contributed by atoms with Crippen LogP contribution >= 0.6 is 11.6 Å². The van der Waals surface area contributed by atoms with Gasteiger partial charge in [0.1, 0.15) is 5.75 Å². The molecule has 2 aromatic carbocycles. The molecule has 124 valence electrons. The van der Waals surface area contributed by atoms with E-state index in [2.05, 4.69) is 10.2 Å². The van der Waals surface area contributed by atoms with Crippen molar-refractivity contribution in [2.24, 2.45) is 0 Å². The molecule has 5 nitrogen and oxygen atoms in total. The number of benzene rings is 2. The number of halogens is 1. The van der Waals surface area contributed by atoms with E-state index in [1.807, 2.05) is 12.1 Å². The first-order valence-corrected chi connectivity index (χ1v) is 7.83. The van der Waals surface area contributed by atoms with Crippen LogP contribution in [0.25, 0.3) is 6.08 Å². The lowest BCUT2D eigenvalue weighted by Crippen LogP contribution is -1.94. The van der Waals surface area contributed by atoms with Gasteiger partial charge in [0.15, 0.2) is 10.9 Å². The Morgan fingerprint density at radius 2 is 1.68 bits per heavy atom. The molecular weight excluding hydrogens is 338 g/mol. The molecule has 0 aliphatic rings. The first-order chi connectivity index (χ1) is 12.1. The minimum atomic E-state index is -0.0863. The summed E-state index contributed by atoms with van der Waals surface area (Å²) in [6.07, 6.45) is 3.26. The minimum Gasteiger partial charge on any atom is -0.438 e. The van der Waals surface area contributed by atoms with Crippen LogP contribution in [0, 0.1) is 0 Å². The Morgan fingerprint density at radius 1 is 0.960 bits per heavy atom. The van der Waals surface area contributed by atoms with Crippen LogP contribution in [0.5, 0.6) is 11.6 Å². The lowest BCUT2D eigenvalue weighted by atomic mass is 10.1. The van der Waals surface area contributed by atoms with Crippen LogP contribution < -0.4 is 10.5 Å². The second-order valence-electron chi connectivity index (χ2n) is 5.18. The fourth-order valence-electron chi connectivity index (χ4n) is 2.04. The van der Waals surface area contributed by atoms with Crippen LogP contribution in [0.4, 0.5) is 5.69 Å². The quantitative estimate of drug-likeness (QED) is 0.418. The highest BCUT2D eigenvalue weighted by molar-refractivity contribution is 6.29. The third-order valence-corrected chi connectivity index (χ3v) is 3.53. The Kier molecular flexibility index (Phi) is 5.06. The second-order valence-corrected chi connectivity index (χ2v) is 5.57. The number of anilines is 1. The van der Waals surface area contributed by atoms with Gasteiger partial charge in [0.05, 0.1) is 0 Å². The van der Waals surface area contributed by atoms with Crippen LogP contribution in [0.1, 0.15) is 15.9 Å². The molecule has 0 radical (unpaired) electrons. The number of nitrogen functional groups attached to an aromatic ring is 1. The van der Waals surface area contributed by atoms with Crippen LogP contribution in [-0.2, 0) is 0 Å². The summed E-state index contributed by atoms with van der Waals surface area (Å²) in [7, 11) is 0. The SMILES string of the molecule is Nc1ccc(C(=O)/C=C/c2ccc(Oc3ccc(Cl)nn3)cc2)cc1. The number of aromatic nitrogens is 2. The van der Waals surface area contributed by atoms with Gasteiger partial charge in [-0.05, 0) is 54.1 Å². The summed E-state index contributed by atoms with van der Waals surface area (Å²) in [4.78, 5) is 12.1. The van der Waals surface area contributed by atoms with Gasteiger partial charge in [0.25, 0.3) is 0 Å². The normalized spacial score (nSPS) is 10.8. The Bertz CT molecular complexity index is 889. The first-order valence-electron chi connectivity index (χ1n) is 7.45. The third kappa shape index (κ3) is 4.65. The van der Waals surface area contributed by atoms with Crippen molar-refractivity contribution in [2.75, 3.05) is 5.73 Å². The minimum absolute atomic E-state index is 0.0863. The highest BCUT2D eigenvalue weighted by atomic mass is 35.5. The topological polar surface area (TPSA) is 78.1 Å². The number of hydrogen-bond donors (Lipinski definition) is 1. The van der Waals surface area contributed by atoms with Gasteiger partial charge in [-0.15, -0.1) is 10.2 Å². The zero-order chi connectivity index (χ0) is 17.6. The van der Waals surface area contributed by atoms with E-state index < -0.39 is 0 Å². The molecule has 0 amide bonds. The Morgan fingerprint density at radius 3 is 2.32 bits per heavy atom. The molecule has 3 aromatic rings. The zero-order valence-corrected chi connectivity index (χ0v) is 13.9. The maximum Gasteiger partial charge on any atom is 0.238 e. The average molecular weight is 352 g/mol. The van der Waals surface area contributed by atoms with E-state index in [-0.39, 0.29) is 5.78 Å². The molecule has 3 rings (SSSR count). The number of nitrogens with two attached hydrogens (primary N) is 1. The van der Waals surface area contributed by atoms with E-state index in [1.54, 1.807) is 54.6 Å². The van der Waals surface area contributed by atoms with Crippen molar-refractivity contribution in [1.82, 2.24) is 10.2 Å². The molecule has 0 saturated carbocycles. The highest BCUT2D eigenvalue weighted by Crippen LogP contribution is 2.20. The summed E-state index contributed by atoms with van der Waals surface area (Å²) < 4.78 is 5.56. The number of carbonyl (C=O) groups is 1. The van der Waals surface area contributed by atoms with E-state index in [4.69, 9.17) is 22.1 Å². The number of hydrogen-bond acceptors (Lipinski definition) is 5. The van der Waals surface area contributed by atoms with Crippen LogP contribution in [0.15, 0.2) is 66.7 Å². The van der Waals surface area contributed by atoms with Crippen LogP contribution in [0.3, 0.4) is 0 Å². The fraction of sp³-hybridized carbons (Fsp3) is 0. The smallest absolute Gasteiger partial charge is 0.238 e. The average Bonchev–Trinajstić information content (AvgIpc) is 2.63. The zero-order valence-electron chi connectivity index (χ0n) is 13.1. The maximum atomic E-state index is 12.1. The maximum absolute atomic E-state index is 12.1. The Hall–Kier alpha value is -3.18.